The topological polar surface area (TPSA) is 43.4 Å². The first-order chi connectivity index (χ1) is 8.63. The van der Waals surface area contributed by atoms with Gasteiger partial charge in [-0.25, -0.2) is 0 Å². The van der Waals surface area contributed by atoms with Crippen LogP contribution in [0.2, 0.25) is 10.5 Å². The van der Waals surface area contributed by atoms with Crippen LogP contribution in [0.4, 0.5) is 0 Å². The van der Waals surface area contributed by atoms with Gasteiger partial charge in [-0.15, -0.1) is 0 Å². The molecule has 0 amide bonds. The maximum atomic E-state index is 12.4. The van der Waals surface area contributed by atoms with Gasteiger partial charge in [0.15, 0.2) is 0 Å². The normalized spacial score (nSPS) is 10.2. The van der Waals surface area contributed by atoms with Gasteiger partial charge in [0.1, 0.15) is 0 Å². The van der Waals surface area contributed by atoms with Gasteiger partial charge >= 0.3 is 112 Å². The van der Waals surface area contributed by atoms with E-state index >= 15 is 0 Å². The summed E-state index contributed by atoms with van der Waals surface area (Å²) in [7, 11) is 0. The van der Waals surface area contributed by atoms with E-state index in [-0.39, 0.29) is 4.62 Å². The van der Waals surface area contributed by atoms with Crippen molar-refractivity contribution in [1.82, 2.24) is 0 Å². The van der Waals surface area contributed by atoms with Crippen LogP contribution < -0.4 is 4.74 Å². The van der Waals surface area contributed by atoms with Gasteiger partial charge in [-0.2, -0.15) is 0 Å². The first-order valence-electron chi connectivity index (χ1n) is 5.96. The summed E-state index contributed by atoms with van der Waals surface area (Å²) >= 11 is -1.73. The molecule has 0 aromatic heterocycles. The van der Waals surface area contributed by atoms with E-state index in [1.807, 2.05) is 0 Å². The van der Waals surface area contributed by atoms with E-state index in [1.165, 1.54) is 0 Å². The second-order valence-electron chi connectivity index (χ2n) is 3.76. The number of para-hydroxylation sites is 1. The number of benzene rings is 1. The Morgan fingerprint density at radius 1 is 1.28 bits per heavy atom. The molecule has 0 heterocycles. The van der Waals surface area contributed by atoms with E-state index in [9.17, 15) is 9.59 Å². The molecule has 1 aromatic rings. The summed E-state index contributed by atoms with van der Waals surface area (Å²) in [6.07, 6.45) is 1.10. The number of rotatable bonds is 6. The molecule has 0 bridgehead atoms. The molecule has 0 saturated heterocycles. The summed E-state index contributed by atoms with van der Waals surface area (Å²) in [5, 5.41) is 1.89. The van der Waals surface area contributed by atoms with Gasteiger partial charge < -0.3 is 0 Å². The molecule has 1 aromatic carbocycles. The van der Waals surface area contributed by atoms with Crippen molar-refractivity contribution in [3.05, 3.63) is 42.5 Å². The number of esters is 1. The second-order valence-corrected chi connectivity index (χ2v) is 10.2. The van der Waals surface area contributed by atoms with E-state index in [4.69, 9.17) is 4.74 Å². The Bertz CT molecular complexity index is 450. The predicted octanol–water partition coefficient (Wildman–Crippen LogP) is 3.03. The maximum absolute atomic E-state index is 12.4. The first-order valence-corrected chi connectivity index (χ1v) is 9.98. The van der Waals surface area contributed by atoms with Crippen LogP contribution in [-0.2, 0) is 4.79 Å². The fourth-order valence-electron chi connectivity index (χ4n) is 1.65. The van der Waals surface area contributed by atoms with E-state index in [1.54, 1.807) is 24.3 Å². The number of carbonyl (C=O) groups is 2. The second kappa shape index (κ2) is 7.16. The summed E-state index contributed by atoms with van der Waals surface area (Å²) in [4.78, 5) is 23.6. The van der Waals surface area contributed by atoms with Crippen molar-refractivity contribution in [2.45, 2.75) is 24.4 Å². The molecule has 0 atom stereocenters. The van der Waals surface area contributed by atoms with Crippen LogP contribution in [0, 0.1) is 0 Å². The molecule has 1 rings (SSSR count). The third-order valence-electron chi connectivity index (χ3n) is 2.68. The summed E-state index contributed by atoms with van der Waals surface area (Å²) in [5.41, 5.74) is 0.534. The Balaban J connectivity index is 3.04. The fourth-order valence-corrected chi connectivity index (χ4v) is 5.28. The van der Waals surface area contributed by atoms with Crippen LogP contribution in [0.1, 0.15) is 24.2 Å². The van der Waals surface area contributed by atoms with Gasteiger partial charge in [0.05, 0.1) is 0 Å². The van der Waals surface area contributed by atoms with E-state index in [0.717, 1.165) is 16.6 Å². The molecule has 0 spiro atoms. The molecule has 0 unspecified atom stereocenters. The molecule has 0 aliphatic rings. The predicted molar refractivity (Wildman–Crippen MR) is 73.3 cm³/mol. The zero-order valence-electron chi connectivity index (χ0n) is 10.7. The Hall–Kier alpha value is -1.36. The summed E-state index contributed by atoms with van der Waals surface area (Å²) in [6, 6.07) is 6.92. The van der Waals surface area contributed by atoms with Gasteiger partial charge in [0, 0.05) is 0 Å². The van der Waals surface area contributed by atoms with Crippen LogP contribution in [0.3, 0.4) is 0 Å². The van der Waals surface area contributed by atoms with Crippen molar-refractivity contribution in [3.8, 4) is 5.75 Å². The van der Waals surface area contributed by atoms with Gasteiger partial charge in [-0.1, -0.05) is 0 Å². The molecule has 1 radical (unpaired) electrons. The molecule has 0 saturated carbocycles. The molecule has 18 heavy (non-hydrogen) atoms. The van der Waals surface area contributed by atoms with Crippen molar-refractivity contribution in [2.75, 3.05) is 0 Å². The van der Waals surface area contributed by atoms with Crippen LogP contribution in [0.5, 0.6) is 5.75 Å². The SMILES string of the molecule is C=CC(=O)Oc1ccccc1[C](=O)[Ge]([CH2]C)[CH2]C. The minimum absolute atomic E-state index is 0.187. The zero-order valence-corrected chi connectivity index (χ0v) is 12.8. The van der Waals surface area contributed by atoms with E-state index in [2.05, 4.69) is 20.4 Å². The van der Waals surface area contributed by atoms with Crippen LogP contribution in [-0.4, -0.2) is 24.9 Å². The van der Waals surface area contributed by atoms with Gasteiger partial charge in [0.2, 0.25) is 0 Å². The van der Waals surface area contributed by atoms with Crippen molar-refractivity contribution < 1.29 is 14.3 Å². The molecular weight excluding hydrogens is 289 g/mol. The van der Waals surface area contributed by atoms with Gasteiger partial charge in [0.25, 0.3) is 0 Å². The third kappa shape index (κ3) is 3.57. The van der Waals surface area contributed by atoms with Crippen LogP contribution >= 0.6 is 0 Å². The Kier molecular flexibility index (Phi) is 5.85. The summed E-state index contributed by atoms with van der Waals surface area (Å²) in [6.45, 7) is 7.45. The van der Waals surface area contributed by atoms with Crippen molar-refractivity contribution >= 4 is 24.9 Å². The van der Waals surface area contributed by atoms with Crippen molar-refractivity contribution in [2.24, 2.45) is 0 Å². The van der Waals surface area contributed by atoms with E-state index in [0.29, 0.717) is 11.3 Å². The Labute approximate surface area is 112 Å². The average molecular weight is 306 g/mol. The molecule has 0 aliphatic carbocycles. The van der Waals surface area contributed by atoms with Crippen LogP contribution in [0.15, 0.2) is 36.9 Å². The molecule has 95 valence electrons. The van der Waals surface area contributed by atoms with Gasteiger partial charge in [-0.05, 0) is 0 Å². The number of hydrogen-bond donors (Lipinski definition) is 0. The van der Waals surface area contributed by atoms with Crippen molar-refractivity contribution in [1.29, 1.82) is 0 Å². The standard InChI is InChI=1S/C14H17GeO3/c1-4-13(16)18-12-10-8-7-9-11(12)14(17)15(5-2)6-3/h4,7-10H,1,5-6H2,2-3H3. The van der Waals surface area contributed by atoms with Crippen LogP contribution in [0.25, 0.3) is 0 Å². The average Bonchev–Trinajstić information content (AvgIpc) is 2.40. The summed E-state index contributed by atoms with van der Waals surface area (Å²) < 4.78 is 5.29. The fraction of sp³-hybridized carbons (Fsp3) is 0.286. The summed E-state index contributed by atoms with van der Waals surface area (Å²) in [5.74, 6) is -0.191. The molecular formula is C14H17GeO3. The Morgan fingerprint density at radius 3 is 2.44 bits per heavy atom. The zero-order chi connectivity index (χ0) is 13.5. The quantitative estimate of drug-likeness (QED) is 0.351. The monoisotopic (exact) mass is 307 g/mol. The number of hydrogen-bond acceptors (Lipinski definition) is 3. The van der Waals surface area contributed by atoms with Gasteiger partial charge in [-0.3, -0.25) is 0 Å². The minimum atomic E-state index is -1.73. The van der Waals surface area contributed by atoms with Crippen molar-refractivity contribution in [3.63, 3.8) is 0 Å². The first kappa shape index (κ1) is 14.7. The molecule has 0 fully saturated rings. The molecule has 0 N–H and O–H groups in total. The molecule has 4 heteroatoms. The number of carbonyl (C=O) groups excluding carboxylic acids is 2. The number of ether oxygens (including phenoxy) is 1. The third-order valence-corrected chi connectivity index (χ3v) is 8.18. The molecule has 0 aliphatic heterocycles. The Morgan fingerprint density at radius 2 is 1.89 bits per heavy atom. The van der Waals surface area contributed by atoms with E-state index < -0.39 is 20.3 Å². The molecule has 3 nitrogen and oxygen atoms in total.